The molecule has 0 saturated carbocycles. The smallest absolute Gasteiger partial charge is 0.339 e. The summed E-state index contributed by atoms with van der Waals surface area (Å²) >= 11 is 0. The molecule has 4 heteroatoms. The number of hydrogen-bond acceptors (Lipinski definition) is 3. The van der Waals surface area contributed by atoms with Crippen LogP contribution >= 0.6 is 0 Å². The van der Waals surface area contributed by atoms with Crippen molar-refractivity contribution in [1.82, 2.24) is 0 Å². The molecule has 0 aromatic heterocycles. The van der Waals surface area contributed by atoms with Crippen LogP contribution in [0.1, 0.15) is 21.5 Å². The van der Waals surface area contributed by atoms with E-state index >= 15 is 0 Å². The molecule has 1 atom stereocenters. The Labute approximate surface area is 122 Å². The van der Waals surface area contributed by atoms with Crippen molar-refractivity contribution in [2.45, 2.75) is 19.4 Å². The zero-order chi connectivity index (χ0) is 14.8. The molecule has 1 aliphatic heterocycles. The predicted molar refractivity (Wildman–Crippen MR) is 79.2 cm³/mol. The first-order chi connectivity index (χ1) is 10.1. The molecule has 2 aromatic rings. The normalized spacial score (nSPS) is 16.8. The number of anilines is 1. The SMILES string of the molecule is Cc1ccccc1NC(=O)[C@@H]1Cc2ccccc2C(=O)O1. The van der Waals surface area contributed by atoms with Gasteiger partial charge in [-0.05, 0) is 30.2 Å². The Morgan fingerprint density at radius 2 is 1.86 bits per heavy atom. The van der Waals surface area contributed by atoms with Crippen LogP contribution in [-0.2, 0) is 16.0 Å². The minimum atomic E-state index is -0.785. The first-order valence-corrected chi connectivity index (χ1v) is 6.80. The van der Waals surface area contributed by atoms with Crippen molar-refractivity contribution < 1.29 is 14.3 Å². The molecule has 4 nitrogen and oxygen atoms in total. The lowest BCUT2D eigenvalue weighted by atomic mass is 9.98. The van der Waals surface area contributed by atoms with E-state index in [9.17, 15) is 9.59 Å². The minimum Gasteiger partial charge on any atom is -0.448 e. The Bertz CT molecular complexity index is 709. The number of rotatable bonds is 2. The molecule has 3 rings (SSSR count). The fourth-order valence-corrected chi connectivity index (χ4v) is 2.40. The van der Waals surface area contributed by atoms with Crippen LogP contribution in [0, 0.1) is 6.92 Å². The highest BCUT2D eigenvalue weighted by Gasteiger charge is 2.31. The quantitative estimate of drug-likeness (QED) is 0.861. The van der Waals surface area contributed by atoms with E-state index in [0.717, 1.165) is 16.8 Å². The van der Waals surface area contributed by atoms with Gasteiger partial charge in [-0.3, -0.25) is 4.79 Å². The summed E-state index contributed by atoms with van der Waals surface area (Å²) in [4.78, 5) is 24.2. The van der Waals surface area contributed by atoms with Gasteiger partial charge in [0, 0.05) is 12.1 Å². The van der Waals surface area contributed by atoms with Gasteiger partial charge < -0.3 is 10.1 Å². The fraction of sp³-hybridized carbons (Fsp3) is 0.176. The van der Waals surface area contributed by atoms with Crippen molar-refractivity contribution in [3.63, 3.8) is 0 Å². The lowest BCUT2D eigenvalue weighted by Crippen LogP contribution is -2.38. The van der Waals surface area contributed by atoms with E-state index in [2.05, 4.69) is 5.32 Å². The monoisotopic (exact) mass is 281 g/mol. The van der Waals surface area contributed by atoms with E-state index in [0.29, 0.717) is 12.0 Å². The minimum absolute atomic E-state index is 0.299. The number of benzene rings is 2. The Hall–Kier alpha value is -2.62. The van der Waals surface area contributed by atoms with Crippen LogP contribution < -0.4 is 5.32 Å². The summed E-state index contributed by atoms with van der Waals surface area (Å²) in [6.07, 6.45) is -0.383. The van der Waals surface area contributed by atoms with Crippen LogP contribution in [0.3, 0.4) is 0 Å². The highest BCUT2D eigenvalue weighted by molar-refractivity contribution is 6.00. The van der Waals surface area contributed by atoms with Crippen molar-refractivity contribution in [2.75, 3.05) is 5.32 Å². The Balaban J connectivity index is 1.78. The average Bonchev–Trinajstić information content (AvgIpc) is 2.49. The summed E-state index contributed by atoms with van der Waals surface area (Å²) < 4.78 is 5.24. The van der Waals surface area contributed by atoms with E-state index in [4.69, 9.17) is 4.74 Å². The van der Waals surface area contributed by atoms with Crippen molar-refractivity contribution >= 4 is 17.6 Å². The largest absolute Gasteiger partial charge is 0.448 e. The molecule has 0 fully saturated rings. The third-order valence-corrected chi connectivity index (χ3v) is 3.59. The summed E-state index contributed by atoms with van der Waals surface area (Å²) in [5.41, 5.74) is 3.09. The highest BCUT2D eigenvalue weighted by Crippen LogP contribution is 2.22. The molecule has 106 valence electrons. The lowest BCUT2D eigenvalue weighted by Gasteiger charge is -2.24. The Morgan fingerprint density at radius 3 is 2.67 bits per heavy atom. The van der Waals surface area contributed by atoms with Crippen molar-refractivity contribution in [3.8, 4) is 0 Å². The molecule has 0 spiro atoms. The van der Waals surface area contributed by atoms with Crippen molar-refractivity contribution in [3.05, 3.63) is 65.2 Å². The first-order valence-electron chi connectivity index (χ1n) is 6.80. The van der Waals surface area contributed by atoms with Crippen LogP contribution in [0.25, 0.3) is 0 Å². The van der Waals surface area contributed by atoms with E-state index in [1.807, 2.05) is 43.3 Å². The maximum Gasteiger partial charge on any atom is 0.339 e. The molecular formula is C17H15NO3. The number of nitrogens with one attached hydrogen (secondary N) is 1. The number of amides is 1. The van der Waals surface area contributed by atoms with Gasteiger partial charge >= 0.3 is 5.97 Å². The number of para-hydroxylation sites is 1. The standard InChI is InChI=1S/C17H15NO3/c1-11-6-2-5-9-14(11)18-16(19)15-10-12-7-3-4-8-13(12)17(20)21-15/h2-9,15H,10H2,1H3,(H,18,19)/t15-/m0/s1. The van der Waals surface area contributed by atoms with Crippen LogP contribution in [0.4, 0.5) is 5.69 Å². The second kappa shape index (κ2) is 5.40. The van der Waals surface area contributed by atoms with Gasteiger partial charge in [0.1, 0.15) is 0 Å². The molecule has 0 radical (unpaired) electrons. The zero-order valence-corrected chi connectivity index (χ0v) is 11.6. The Morgan fingerprint density at radius 1 is 1.14 bits per heavy atom. The van der Waals surface area contributed by atoms with Crippen molar-refractivity contribution in [1.29, 1.82) is 0 Å². The van der Waals surface area contributed by atoms with E-state index in [-0.39, 0.29) is 5.91 Å². The molecule has 1 heterocycles. The molecule has 21 heavy (non-hydrogen) atoms. The maximum atomic E-state index is 12.3. The van der Waals surface area contributed by atoms with Crippen LogP contribution in [-0.4, -0.2) is 18.0 Å². The van der Waals surface area contributed by atoms with Crippen molar-refractivity contribution in [2.24, 2.45) is 0 Å². The van der Waals surface area contributed by atoms with E-state index < -0.39 is 12.1 Å². The van der Waals surface area contributed by atoms with Gasteiger partial charge in [-0.15, -0.1) is 0 Å². The summed E-state index contributed by atoms with van der Waals surface area (Å²) in [5, 5.41) is 2.82. The summed E-state index contributed by atoms with van der Waals surface area (Å²) in [5.74, 6) is -0.742. The van der Waals surface area contributed by atoms with Gasteiger partial charge in [0.2, 0.25) is 0 Å². The van der Waals surface area contributed by atoms with Gasteiger partial charge in [0.05, 0.1) is 5.56 Å². The molecule has 1 aliphatic rings. The number of ether oxygens (including phenoxy) is 1. The number of aryl methyl sites for hydroxylation is 1. The Kier molecular flexibility index (Phi) is 3.44. The summed E-state index contributed by atoms with van der Waals surface area (Å²) in [6, 6.07) is 14.7. The highest BCUT2D eigenvalue weighted by atomic mass is 16.5. The summed E-state index contributed by atoms with van der Waals surface area (Å²) in [7, 11) is 0. The second-order valence-electron chi connectivity index (χ2n) is 5.06. The molecule has 0 aliphatic carbocycles. The number of esters is 1. The lowest BCUT2D eigenvalue weighted by molar-refractivity contribution is -0.125. The second-order valence-corrected chi connectivity index (χ2v) is 5.06. The summed E-state index contributed by atoms with van der Waals surface area (Å²) in [6.45, 7) is 1.91. The van der Waals surface area contributed by atoms with Gasteiger partial charge in [-0.2, -0.15) is 0 Å². The number of fused-ring (bicyclic) bond motifs is 1. The van der Waals surface area contributed by atoms with Crippen LogP contribution in [0.2, 0.25) is 0 Å². The van der Waals surface area contributed by atoms with E-state index in [1.165, 1.54) is 0 Å². The molecular weight excluding hydrogens is 266 g/mol. The molecule has 0 unspecified atom stereocenters. The first kappa shape index (κ1) is 13.4. The zero-order valence-electron chi connectivity index (χ0n) is 11.6. The van der Waals surface area contributed by atoms with Crippen LogP contribution in [0.15, 0.2) is 48.5 Å². The molecule has 1 N–H and O–H groups in total. The predicted octanol–water partition coefficient (Wildman–Crippen LogP) is 2.72. The van der Waals surface area contributed by atoms with Gasteiger partial charge in [0.25, 0.3) is 5.91 Å². The molecule has 2 aromatic carbocycles. The fourth-order valence-electron chi connectivity index (χ4n) is 2.40. The molecule has 1 amide bonds. The number of carbonyl (C=O) groups excluding carboxylic acids is 2. The third-order valence-electron chi connectivity index (χ3n) is 3.59. The molecule has 0 saturated heterocycles. The number of cyclic esters (lactones) is 1. The maximum absolute atomic E-state index is 12.3. The van der Waals surface area contributed by atoms with Gasteiger partial charge in [-0.25, -0.2) is 4.79 Å². The van der Waals surface area contributed by atoms with Gasteiger partial charge in [0.15, 0.2) is 6.10 Å². The van der Waals surface area contributed by atoms with Crippen LogP contribution in [0.5, 0.6) is 0 Å². The van der Waals surface area contributed by atoms with Gasteiger partial charge in [-0.1, -0.05) is 36.4 Å². The van der Waals surface area contributed by atoms with E-state index in [1.54, 1.807) is 12.1 Å². The number of carbonyl (C=O) groups is 2. The average molecular weight is 281 g/mol. The third kappa shape index (κ3) is 2.65. The number of hydrogen-bond donors (Lipinski definition) is 1. The topological polar surface area (TPSA) is 55.4 Å². The molecule has 0 bridgehead atoms.